The van der Waals surface area contributed by atoms with Crippen LogP contribution in [0.25, 0.3) is 0 Å². The number of aliphatic imine (C=N–C) groups is 1. The molecule has 4 rings (SSSR count). The maximum Gasteiger partial charge on any atom is 0.227 e. The van der Waals surface area contributed by atoms with Crippen molar-refractivity contribution in [3.05, 3.63) is 54.4 Å². The van der Waals surface area contributed by atoms with Crippen LogP contribution in [0.1, 0.15) is 39.2 Å². The number of amides is 1. The van der Waals surface area contributed by atoms with E-state index in [1.807, 2.05) is 29.2 Å². The van der Waals surface area contributed by atoms with E-state index in [0.29, 0.717) is 13.0 Å². The lowest BCUT2D eigenvalue weighted by atomic mass is 9.84. The Labute approximate surface area is 172 Å². The van der Waals surface area contributed by atoms with Gasteiger partial charge in [0.2, 0.25) is 5.91 Å². The molecule has 1 atom stereocenters. The molecule has 2 N–H and O–H groups in total. The molecular weight excluding hydrogens is 362 g/mol. The van der Waals surface area contributed by atoms with Gasteiger partial charge in [-0.2, -0.15) is 0 Å². The normalized spacial score (nSPS) is 22.7. The molecule has 2 aliphatic rings. The molecule has 1 aromatic carbocycles. The minimum atomic E-state index is -0.398. The molecule has 1 spiro atoms. The molecule has 1 aromatic heterocycles. The predicted octanol–water partition coefficient (Wildman–Crippen LogP) is 3.72. The number of aromatic nitrogens is 1. The summed E-state index contributed by atoms with van der Waals surface area (Å²) in [5, 5.41) is 7.30. The molecule has 3 heterocycles. The van der Waals surface area contributed by atoms with Crippen molar-refractivity contribution in [3.8, 4) is 0 Å². The summed E-state index contributed by atoms with van der Waals surface area (Å²) in [7, 11) is 0. The van der Waals surface area contributed by atoms with E-state index in [9.17, 15) is 4.79 Å². The third kappa shape index (κ3) is 4.26. The second kappa shape index (κ2) is 7.50. The Morgan fingerprint density at radius 2 is 2.00 bits per heavy atom. The van der Waals surface area contributed by atoms with Gasteiger partial charge in [-0.3, -0.25) is 14.8 Å². The van der Waals surface area contributed by atoms with Crippen LogP contribution in [0.15, 0.2) is 53.8 Å². The summed E-state index contributed by atoms with van der Waals surface area (Å²) in [6.45, 7) is 7.67. The van der Waals surface area contributed by atoms with Crippen LogP contribution in [-0.4, -0.2) is 45.8 Å². The first-order valence-corrected chi connectivity index (χ1v) is 10.3. The number of benzene rings is 1. The SMILES string of the molecule is CC(C)(C)N=C1Nc2ccccc2NC12CCCN(C(=O)Cc1cccnc1)C2. The smallest absolute Gasteiger partial charge is 0.227 e. The molecule has 6 nitrogen and oxygen atoms in total. The molecule has 0 saturated carbocycles. The van der Waals surface area contributed by atoms with Gasteiger partial charge in [0.1, 0.15) is 11.4 Å². The molecular formula is C23H29N5O. The second-order valence-electron chi connectivity index (χ2n) is 8.97. The van der Waals surface area contributed by atoms with Gasteiger partial charge in [-0.15, -0.1) is 0 Å². The van der Waals surface area contributed by atoms with Crippen LogP contribution >= 0.6 is 0 Å². The van der Waals surface area contributed by atoms with Gasteiger partial charge in [0.15, 0.2) is 0 Å². The van der Waals surface area contributed by atoms with Gasteiger partial charge in [0.05, 0.1) is 29.9 Å². The van der Waals surface area contributed by atoms with Crippen molar-refractivity contribution < 1.29 is 4.79 Å². The van der Waals surface area contributed by atoms with E-state index in [1.54, 1.807) is 12.4 Å². The lowest BCUT2D eigenvalue weighted by Crippen LogP contribution is -2.63. The highest BCUT2D eigenvalue weighted by Crippen LogP contribution is 2.37. The first kappa shape index (κ1) is 19.4. The molecule has 1 fully saturated rings. The fourth-order valence-corrected chi connectivity index (χ4v) is 4.09. The highest BCUT2D eigenvalue weighted by molar-refractivity contribution is 6.10. The number of amidine groups is 1. The van der Waals surface area contributed by atoms with Crippen LogP contribution in [0, 0.1) is 0 Å². The van der Waals surface area contributed by atoms with Gasteiger partial charge in [-0.25, -0.2) is 0 Å². The minimum absolute atomic E-state index is 0.132. The fraction of sp³-hybridized carbons (Fsp3) is 0.435. The van der Waals surface area contributed by atoms with Gasteiger partial charge in [-0.1, -0.05) is 18.2 Å². The van der Waals surface area contributed by atoms with Gasteiger partial charge < -0.3 is 15.5 Å². The van der Waals surface area contributed by atoms with E-state index in [1.165, 1.54) is 0 Å². The number of rotatable bonds is 2. The average Bonchev–Trinajstić information content (AvgIpc) is 2.68. The number of fused-ring (bicyclic) bond motifs is 1. The Hall–Kier alpha value is -2.89. The first-order chi connectivity index (χ1) is 13.8. The number of carbonyl (C=O) groups excluding carboxylic acids is 1. The van der Waals surface area contributed by atoms with Crippen LogP contribution in [0.3, 0.4) is 0 Å². The van der Waals surface area contributed by atoms with Crippen molar-refractivity contribution in [2.75, 3.05) is 23.7 Å². The largest absolute Gasteiger partial charge is 0.370 e. The lowest BCUT2D eigenvalue weighted by molar-refractivity contribution is -0.131. The van der Waals surface area contributed by atoms with Gasteiger partial charge in [-0.05, 0) is 57.4 Å². The fourth-order valence-electron chi connectivity index (χ4n) is 4.09. The molecule has 1 unspecified atom stereocenters. The van der Waals surface area contributed by atoms with E-state index in [4.69, 9.17) is 4.99 Å². The zero-order valence-electron chi connectivity index (χ0n) is 17.4. The van der Waals surface area contributed by atoms with Gasteiger partial charge >= 0.3 is 0 Å². The number of hydrogen-bond donors (Lipinski definition) is 2. The number of nitrogens with zero attached hydrogens (tertiary/aromatic N) is 3. The highest BCUT2D eigenvalue weighted by atomic mass is 16.2. The summed E-state index contributed by atoms with van der Waals surface area (Å²) in [6.07, 6.45) is 5.73. The molecule has 0 bridgehead atoms. The van der Waals surface area contributed by atoms with E-state index in [0.717, 1.165) is 42.2 Å². The quantitative estimate of drug-likeness (QED) is 0.819. The molecule has 152 valence electrons. The number of pyridine rings is 1. The van der Waals surface area contributed by atoms with Crippen molar-refractivity contribution in [1.29, 1.82) is 0 Å². The lowest BCUT2D eigenvalue weighted by Gasteiger charge is -2.48. The summed E-state index contributed by atoms with van der Waals surface area (Å²) < 4.78 is 0. The third-order valence-corrected chi connectivity index (χ3v) is 5.38. The van der Waals surface area contributed by atoms with Gasteiger partial charge in [0, 0.05) is 18.9 Å². The maximum absolute atomic E-state index is 13.0. The van der Waals surface area contributed by atoms with Crippen LogP contribution < -0.4 is 10.6 Å². The zero-order chi connectivity index (χ0) is 20.5. The number of carbonyl (C=O) groups is 1. The van der Waals surface area contributed by atoms with Crippen LogP contribution in [0.4, 0.5) is 11.4 Å². The zero-order valence-corrected chi connectivity index (χ0v) is 17.4. The van der Waals surface area contributed by atoms with Crippen molar-refractivity contribution in [1.82, 2.24) is 9.88 Å². The topological polar surface area (TPSA) is 69.6 Å². The van der Waals surface area contributed by atoms with Crippen molar-refractivity contribution in [2.24, 2.45) is 4.99 Å². The summed E-state index contributed by atoms with van der Waals surface area (Å²) in [6, 6.07) is 12.0. The standard InChI is InChI=1S/C23H29N5O/c1-22(2,3)27-21-23(26-19-10-5-4-9-18(19)25-21)11-7-13-28(16-23)20(29)14-17-8-6-12-24-15-17/h4-6,8-10,12,15,26H,7,11,13-14,16H2,1-3H3,(H,25,27). The van der Waals surface area contributed by atoms with Crippen LogP contribution in [0.5, 0.6) is 0 Å². The maximum atomic E-state index is 13.0. The number of piperidine rings is 1. The predicted molar refractivity (Wildman–Crippen MR) is 117 cm³/mol. The van der Waals surface area contributed by atoms with E-state index < -0.39 is 5.54 Å². The second-order valence-corrected chi connectivity index (χ2v) is 8.97. The third-order valence-electron chi connectivity index (χ3n) is 5.38. The van der Waals surface area contributed by atoms with E-state index >= 15 is 0 Å². The van der Waals surface area contributed by atoms with E-state index in [-0.39, 0.29) is 11.4 Å². The Bertz CT molecular complexity index is 918. The highest BCUT2D eigenvalue weighted by Gasteiger charge is 2.45. The number of hydrogen-bond acceptors (Lipinski definition) is 4. The van der Waals surface area contributed by atoms with Crippen LogP contribution in [-0.2, 0) is 11.2 Å². The number of para-hydroxylation sites is 2. The Balaban J connectivity index is 1.63. The first-order valence-electron chi connectivity index (χ1n) is 10.3. The van der Waals surface area contributed by atoms with Gasteiger partial charge in [0.25, 0.3) is 0 Å². The average molecular weight is 392 g/mol. The Kier molecular flexibility index (Phi) is 5.03. The summed E-state index contributed by atoms with van der Waals surface area (Å²) in [5.41, 5.74) is 2.41. The Morgan fingerprint density at radius 1 is 1.21 bits per heavy atom. The number of nitrogens with one attached hydrogen (secondary N) is 2. The van der Waals surface area contributed by atoms with E-state index in [2.05, 4.69) is 48.5 Å². The molecule has 2 aliphatic heterocycles. The summed E-state index contributed by atoms with van der Waals surface area (Å²) >= 11 is 0. The number of likely N-dealkylation sites (tertiary alicyclic amines) is 1. The molecule has 1 saturated heterocycles. The van der Waals surface area contributed by atoms with Crippen LogP contribution in [0.2, 0.25) is 0 Å². The minimum Gasteiger partial charge on any atom is -0.370 e. The Morgan fingerprint density at radius 3 is 2.72 bits per heavy atom. The molecule has 2 aromatic rings. The molecule has 29 heavy (non-hydrogen) atoms. The molecule has 0 aliphatic carbocycles. The summed E-state index contributed by atoms with van der Waals surface area (Å²) in [5.74, 6) is 1.05. The van der Waals surface area contributed by atoms with Crippen molar-refractivity contribution >= 4 is 23.1 Å². The monoisotopic (exact) mass is 391 g/mol. The van der Waals surface area contributed by atoms with Crippen molar-refractivity contribution in [3.63, 3.8) is 0 Å². The molecule has 6 heteroatoms. The number of anilines is 2. The summed E-state index contributed by atoms with van der Waals surface area (Å²) in [4.78, 5) is 24.2. The molecule has 0 radical (unpaired) electrons. The van der Waals surface area contributed by atoms with Crippen molar-refractivity contribution in [2.45, 2.75) is 51.1 Å². The molecule has 1 amide bonds.